The number of rotatable bonds is 5. The van der Waals surface area contributed by atoms with Crippen molar-refractivity contribution in [3.63, 3.8) is 0 Å². The van der Waals surface area contributed by atoms with E-state index >= 15 is 0 Å². The second-order valence-electron chi connectivity index (χ2n) is 3.74. The molecule has 0 saturated carbocycles. The number of nitrogens with two attached hydrogens (primary N) is 1. The molecule has 1 aromatic carbocycles. The van der Waals surface area contributed by atoms with Crippen molar-refractivity contribution in [3.05, 3.63) is 46.7 Å². The van der Waals surface area contributed by atoms with Crippen LogP contribution in [0.2, 0.25) is 0 Å². The van der Waals surface area contributed by atoms with Crippen LogP contribution in [-0.4, -0.2) is 27.4 Å². The maximum absolute atomic E-state index is 8.76. The standard InChI is InChI=1S/C12H13BrN4O2/c13-9-2-3-11(10(8-9)12(14)16-18)19-7-6-17-5-1-4-15-17/h1-5,8,18H,6-7H2,(H2,14,16). The number of ether oxygens (including phenoxy) is 1. The van der Waals surface area contributed by atoms with Gasteiger partial charge in [-0.25, -0.2) is 0 Å². The van der Waals surface area contributed by atoms with Crippen LogP contribution in [-0.2, 0) is 6.54 Å². The lowest BCUT2D eigenvalue weighted by molar-refractivity contribution is 0.289. The third kappa shape index (κ3) is 3.47. The van der Waals surface area contributed by atoms with Crippen LogP contribution in [0.4, 0.5) is 0 Å². The summed E-state index contributed by atoms with van der Waals surface area (Å²) in [6, 6.07) is 7.18. The second-order valence-corrected chi connectivity index (χ2v) is 4.66. The summed E-state index contributed by atoms with van der Waals surface area (Å²) in [5.74, 6) is 0.570. The number of nitrogens with zero attached hydrogens (tertiary/aromatic N) is 3. The van der Waals surface area contributed by atoms with E-state index in [4.69, 9.17) is 15.7 Å². The summed E-state index contributed by atoms with van der Waals surface area (Å²) >= 11 is 3.33. The molecule has 0 spiro atoms. The molecule has 19 heavy (non-hydrogen) atoms. The molecular formula is C12H13BrN4O2. The highest BCUT2D eigenvalue weighted by molar-refractivity contribution is 9.10. The summed E-state index contributed by atoms with van der Waals surface area (Å²) in [6.07, 6.45) is 3.57. The number of oxime groups is 1. The van der Waals surface area contributed by atoms with E-state index in [9.17, 15) is 0 Å². The third-order valence-electron chi connectivity index (χ3n) is 2.46. The van der Waals surface area contributed by atoms with Crippen molar-refractivity contribution in [3.8, 4) is 5.75 Å². The summed E-state index contributed by atoms with van der Waals surface area (Å²) in [6.45, 7) is 1.06. The van der Waals surface area contributed by atoms with Crippen molar-refractivity contribution in [2.24, 2.45) is 10.9 Å². The topological polar surface area (TPSA) is 85.7 Å². The molecule has 2 rings (SSSR count). The molecule has 3 N–H and O–H groups in total. The second kappa shape index (κ2) is 6.24. The van der Waals surface area contributed by atoms with Crippen LogP contribution in [0.3, 0.4) is 0 Å². The Kier molecular flexibility index (Phi) is 4.40. The first kappa shape index (κ1) is 13.4. The van der Waals surface area contributed by atoms with Gasteiger partial charge in [0.05, 0.1) is 12.1 Å². The van der Waals surface area contributed by atoms with Gasteiger partial charge >= 0.3 is 0 Å². The molecule has 0 radical (unpaired) electrons. The van der Waals surface area contributed by atoms with Gasteiger partial charge in [0, 0.05) is 16.9 Å². The molecule has 0 aliphatic carbocycles. The molecule has 100 valence electrons. The quantitative estimate of drug-likeness (QED) is 0.380. The van der Waals surface area contributed by atoms with Crippen LogP contribution in [0, 0.1) is 0 Å². The summed E-state index contributed by atoms with van der Waals surface area (Å²) in [7, 11) is 0. The number of aromatic nitrogens is 2. The highest BCUT2D eigenvalue weighted by Gasteiger charge is 2.09. The van der Waals surface area contributed by atoms with Crippen molar-refractivity contribution in [2.45, 2.75) is 6.54 Å². The van der Waals surface area contributed by atoms with E-state index < -0.39 is 0 Å². The average molecular weight is 325 g/mol. The minimum atomic E-state index is 0.00962. The lowest BCUT2D eigenvalue weighted by Gasteiger charge is -2.11. The van der Waals surface area contributed by atoms with Crippen molar-refractivity contribution >= 4 is 21.8 Å². The zero-order valence-electron chi connectivity index (χ0n) is 10.0. The Morgan fingerprint density at radius 3 is 3.05 bits per heavy atom. The van der Waals surface area contributed by atoms with E-state index in [0.29, 0.717) is 24.5 Å². The third-order valence-corrected chi connectivity index (χ3v) is 2.96. The fourth-order valence-corrected chi connectivity index (χ4v) is 1.93. The summed E-state index contributed by atoms with van der Waals surface area (Å²) < 4.78 is 8.23. The van der Waals surface area contributed by atoms with E-state index in [1.54, 1.807) is 23.0 Å². The first-order chi connectivity index (χ1) is 9.20. The number of benzene rings is 1. The van der Waals surface area contributed by atoms with Crippen LogP contribution >= 0.6 is 15.9 Å². The number of hydrogen-bond acceptors (Lipinski definition) is 4. The molecule has 7 heteroatoms. The van der Waals surface area contributed by atoms with Gasteiger partial charge in [-0.15, -0.1) is 0 Å². The Labute approximate surface area is 118 Å². The van der Waals surface area contributed by atoms with Gasteiger partial charge in [0.2, 0.25) is 0 Å². The minimum absolute atomic E-state index is 0.00962. The summed E-state index contributed by atoms with van der Waals surface area (Å²) in [5, 5.41) is 15.8. The van der Waals surface area contributed by atoms with Gasteiger partial charge in [-0.1, -0.05) is 21.1 Å². The number of hydrogen-bond donors (Lipinski definition) is 2. The predicted octanol–water partition coefficient (Wildman–Crippen LogP) is 1.82. The van der Waals surface area contributed by atoms with E-state index in [1.165, 1.54) is 0 Å². The fourth-order valence-electron chi connectivity index (χ4n) is 1.56. The zero-order valence-corrected chi connectivity index (χ0v) is 11.6. The highest BCUT2D eigenvalue weighted by Crippen LogP contribution is 2.23. The molecule has 0 unspecified atom stereocenters. The minimum Gasteiger partial charge on any atom is -0.491 e. The Bertz CT molecular complexity index is 569. The van der Waals surface area contributed by atoms with Gasteiger partial charge in [-0.2, -0.15) is 5.10 Å². The van der Waals surface area contributed by atoms with Crippen molar-refractivity contribution < 1.29 is 9.94 Å². The van der Waals surface area contributed by atoms with Gasteiger partial charge in [0.15, 0.2) is 5.84 Å². The van der Waals surface area contributed by atoms with Crippen molar-refractivity contribution in [1.29, 1.82) is 0 Å². The molecule has 2 aromatic rings. The lowest BCUT2D eigenvalue weighted by Crippen LogP contribution is -2.16. The van der Waals surface area contributed by atoms with Crippen LogP contribution < -0.4 is 10.5 Å². The molecule has 1 aromatic heterocycles. The molecular weight excluding hydrogens is 312 g/mol. The highest BCUT2D eigenvalue weighted by atomic mass is 79.9. The monoisotopic (exact) mass is 324 g/mol. The zero-order chi connectivity index (χ0) is 13.7. The van der Waals surface area contributed by atoms with Crippen LogP contribution in [0.25, 0.3) is 0 Å². The molecule has 0 aliphatic heterocycles. The molecule has 6 nitrogen and oxygen atoms in total. The van der Waals surface area contributed by atoms with Crippen LogP contribution in [0.1, 0.15) is 5.56 Å². The van der Waals surface area contributed by atoms with Gasteiger partial charge < -0.3 is 15.7 Å². The molecule has 0 amide bonds. The van der Waals surface area contributed by atoms with Gasteiger partial charge in [-0.3, -0.25) is 4.68 Å². The molecule has 0 fully saturated rings. The Hall–Kier alpha value is -2.02. The maximum Gasteiger partial charge on any atom is 0.173 e. The summed E-state index contributed by atoms with van der Waals surface area (Å²) in [4.78, 5) is 0. The smallest absolute Gasteiger partial charge is 0.173 e. The van der Waals surface area contributed by atoms with E-state index in [2.05, 4.69) is 26.2 Å². The molecule has 0 saturated heterocycles. The number of halogens is 1. The van der Waals surface area contributed by atoms with Crippen LogP contribution in [0.5, 0.6) is 5.75 Å². The van der Waals surface area contributed by atoms with Gasteiger partial charge in [0.25, 0.3) is 0 Å². The molecule has 0 atom stereocenters. The van der Waals surface area contributed by atoms with Crippen molar-refractivity contribution in [2.75, 3.05) is 6.61 Å². The Morgan fingerprint density at radius 1 is 1.53 bits per heavy atom. The van der Waals surface area contributed by atoms with Crippen LogP contribution in [0.15, 0.2) is 46.3 Å². The first-order valence-electron chi connectivity index (χ1n) is 5.58. The largest absolute Gasteiger partial charge is 0.491 e. The van der Waals surface area contributed by atoms with E-state index in [1.807, 2.05) is 18.3 Å². The average Bonchev–Trinajstić information content (AvgIpc) is 2.92. The van der Waals surface area contributed by atoms with Gasteiger partial charge in [-0.05, 0) is 24.3 Å². The Balaban J connectivity index is 2.07. The first-order valence-corrected chi connectivity index (χ1v) is 6.37. The number of amidine groups is 1. The lowest BCUT2D eigenvalue weighted by atomic mass is 10.2. The van der Waals surface area contributed by atoms with Crippen molar-refractivity contribution in [1.82, 2.24) is 9.78 Å². The van der Waals surface area contributed by atoms with E-state index in [-0.39, 0.29) is 5.84 Å². The van der Waals surface area contributed by atoms with E-state index in [0.717, 1.165) is 4.47 Å². The summed E-state index contributed by atoms with van der Waals surface area (Å²) in [5.41, 5.74) is 6.15. The predicted molar refractivity (Wildman–Crippen MR) is 74.4 cm³/mol. The fraction of sp³-hybridized carbons (Fsp3) is 0.167. The molecule has 0 aliphatic rings. The SMILES string of the molecule is N/C(=N/O)c1cc(Br)ccc1OCCn1cccn1. The Morgan fingerprint density at radius 2 is 2.37 bits per heavy atom. The molecule has 1 heterocycles. The normalized spacial score (nSPS) is 11.5. The van der Waals surface area contributed by atoms with Gasteiger partial charge in [0.1, 0.15) is 12.4 Å². The molecule has 0 bridgehead atoms. The maximum atomic E-state index is 8.76.